The second kappa shape index (κ2) is 7.05. The quantitative estimate of drug-likeness (QED) is 0.255. The minimum atomic E-state index is 0.0459. The Balaban J connectivity index is 1.39. The van der Waals surface area contributed by atoms with Gasteiger partial charge >= 0.3 is 0 Å². The molecule has 0 nitrogen and oxygen atoms in total. The van der Waals surface area contributed by atoms with Crippen LogP contribution in [0.15, 0.2) is 115 Å². The zero-order valence-electron chi connectivity index (χ0n) is 19.5. The Morgan fingerprint density at radius 2 is 1.06 bits per heavy atom. The molecule has 0 radical (unpaired) electrons. The van der Waals surface area contributed by atoms with Crippen LogP contribution in [0.5, 0.6) is 0 Å². The van der Waals surface area contributed by atoms with E-state index in [-0.39, 0.29) is 5.41 Å². The summed E-state index contributed by atoms with van der Waals surface area (Å²) in [5.41, 5.74) is 15.1. The first-order chi connectivity index (χ1) is 16.6. The van der Waals surface area contributed by atoms with E-state index in [0.29, 0.717) is 5.92 Å². The van der Waals surface area contributed by atoms with E-state index < -0.39 is 0 Å². The molecule has 1 atom stereocenters. The van der Waals surface area contributed by atoms with Crippen molar-refractivity contribution in [2.24, 2.45) is 0 Å². The highest BCUT2D eigenvalue weighted by molar-refractivity contribution is 5.87. The molecule has 0 aliphatic heterocycles. The van der Waals surface area contributed by atoms with Gasteiger partial charge in [-0.3, -0.25) is 0 Å². The molecule has 0 heterocycles. The van der Waals surface area contributed by atoms with Crippen molar-refractivity contribution in [3.05, 3.63) is 143 Å². The summed E-state index contributed by atoms with van der Waals surface area (Å²) < 4.78 is 0. The van der Waals surface area contributed by atoms with Crippen LogP contribution < -0.4 is 0 Å². The molecule has 0 bridgehead atoms. The van der Waals surface area contributed by atoms with Gasteiger partial charge in [0.05, 0.1) is 0 Å². The third-order valence-corrected chi connectivity index (χ3v) is 7.98. The van der Waals surface area contributed by atoms with Crippen molar-refractivity contribution in [1.82, 2.24) is 0 Å². The van der Waals surface area contributed by atoms with Gasteiger partial charge in [0.15, 0.2) is 0 Å². The van der Waals surface area contributed by atoms with Gasteiger partial charge in [-0.1, -0.05) is 117 Å². The third kappa shape index (κ3) is 2.66. The Kier molecular flexibility index (Phi) is 4.05. The normalized spacial score (nSPS) is 16.5. The molecular formula is C34H26. The fourth-order valence-corrected chi connectivity index (χ4v) is 6.29. The van der Waals surface area contributed by atoms with E-state index in [4.69, 9.17) is 0 Å². The third-order valence-electron chi connectivity index (χ3n) is 7.98. The smallest absolute Gasteiger partial charge is 0.0352 e. The predicted octanol–water partition coefficient (Wildman–Crippen LogP) is 8.82. The van der Waals surface area contributed by atoms with E-state index in [9.17, 15) is 0 Å². The molecule has 0 spiro atoms. The first-order valence-corrected chi connectivity index (χ1v) is 12.2. The van der Waals surface area contributed by atoms with Crippen molar-refractivity contribution >= 4 is 0 Å². The van der Waals surface area contributed by atoms with Crippen molar-refractivity contribution in [3.8, 4) is 33.4 Å². The lowest BCUT2D eigenvalue weighted by Crippen LogP contribution is -2.14. The molecule has 5 aromatic carbocycles. The Morgan fingerprint density at radius 1 is 0.471 bits per heavy atom. The minimum Gasteiger partial charge on any atom is -0.0622 e. The predicted molar refractivity (Wildman–Crippen MR) is 142 cm³/mol. The summed E-state index contributed by atoms with van der Waals surface area (Å²) >= 11 is 0. The SMILES string of the molecule is CC1(C)c2ccccc2-c2cc(-c3ccc4c(c3)-c3ccccc3C4c3ccccc3)ccc21. The lowest BCUT2D eigenvalue weighted by molar-refractivity contribution is 0.660. The maximum Gasteiger partial charge on any atom is 0.0352 e. The fraction of sp³-hybridized carbons (Fsp3) is 0.118. The summed E-state index contributed by atoms with van der Waals surface area (Å²) in [4.78, 5) is 0. The number of hydrogen-bond acceptors (Lipinski definition) is 0. The van der Waals surface area contributed by atoms with Gasteiger partial charge in [-0.05, 0) is 73.3 Å². The molecular weight excluding hydrogens is 408 g/mol. The second-order valence-corrected chi connectivity index (χ2v) is 10.2. The van der Waals surface area contributed by atoms with Crippen molar-refractivity contribution in [2.75, 3.05) is 0 Å². The highest BCUT2D eigenvalue weighted by Crippen LogP contribution is 2.51. The summed E-state index contributed by atoms with van der Waals surface area (Å²) in [5, 5.41) is 0. The topological polar surface area (TPSA) is 0 Å². The highest BCUT2D eigenvalue weighted by Gasteiger charge is 2.35. The summed E-state index contributed by atoms with van der Waals surface area (Å²) in [6.07, 6.45) is 0. The summed E-state index contributed by atoms with van der Waals surface area (Å²) in [6, 6.07) is 42.8. The van der Waals surface area contributed by atoms with Gasteiger partial charge in [-0.2, -0.15) is 0 Å². The van der Waals surface area contributed by atoms with E-state index in [2.05, 4.69) is 129 Å². The van der Waals surface area contributed by atoms with Crippen LogP contribution in [0.2, 0.25) is 0 Å². The number of benzene rings is 5. The Labute approximate surface area is 201 Å². The fourth-order valence-electron chi connectivity index (χ4n) is 6.29. The van der Waals surface area contributed by atoms with Crippen LogP contribution in [0.25, 0.3) is 33.4 Å². The molecule has 0 aromatic heterocycles. The first-order valence-electron chi connectivity index (χ1n) is 12.2. The molecule has 0 saturated carbocycles. The molecule has 0 amide bonds. The standard InChI is InChI=1S/C34H26/c1-34(2)31-15-9-8-13-26(31)30-21-24(17-19-32(30)34)23-16-18-28-29(20-23)25-12-6-7-14-27(25)33(28)22-10-4-3-5-11-22/h3-21,33H,1-2H3. The zero-order valence-corrected chi connectivity index (χ0v) is 19.5. The van der Waals surface area contributed by atoms with Crippen LogP contribution in [0, 0.1) is 0 Å². The van der Waals surface area contributed by atoms with Gasteiger partial charge in [-0.25, -0.2) is 0 Å². The second-order valence-electron chi connectivity index (χ2n) is 10.2. The van der Waals surface area contributed by atoms with E-state index >= 15 is 0 Å². The van der Waals surface area contributed by atoms with Crippen LogP contribution in [-0.4, -0.2) is 0 Å². The lowest BCUT2D eigenvalue weighted by atomic mass is 9.82. The van der Waals surface area contributed by atoms with Crippen LogP contribution >= 0.6 is 0 Å². The minimum absolute atomic E-state index is 0.0459. The molecule has 5 aromatic rings. The monoisotopic (exact) mass is 434 g/mol. The summed E-state index contributed by atoms with van der Waals surface area (Å²) in [5.74, 6) is 0.300. The summed E-state index contributed by atoms with van der Waals surface area (Å²) in [6.45, 7) is 4.68. The van der Waals surface area contributed by atoms with E-state index in [1.54, 1.807) is 0 Å². The molecule has 0 fully saturated rings. The van der Waals surface area contributed by atoms with Gasteiger partial charge in [0.25, 0.3) is 0 Å². The Morgan fingerprint density at radius 3 is 1.88 bits per heavy atom. The van der Waals surface area contributed by atoms with E-state index in [1.807, 2.05) is 0 Å². The molecule has 2 aliphatic rings. The summed E-state index contributed by atoms with van der Waals surface area (Å²) in [7, 11) is 0. The average Bonchev–Trinajstić information content (AvgIpc) is 3.33. The molecule has 1 unspecified atom stereocenters. The molecule has 2 aliphatic carbocycles. The molecule has 0 N–H and O–H groups in total. The van der Waals surface area contributed by atoms with E-state index in [1.165, 1.54) is 61.2 Å². The van der Waals surface area contributed by atoms with Crippen molar-refractivity contribution in [1.29, 1.82) is 0 Å². The van der Waals surface area contributed by atoms with Crippen LogP contribution in [-0.2, 0) is 5.41 Å². The molecule has 0 heteroatoms. The van der Waals surface area contributed by atoms with Gasteiger partial charge in [0.1, 0.15) is 0 Å². The molecule has 162 valence electrons. The average molecular weight is 435 g/mol. The van der Waals surface area contributed by atoms with Gasteiger partial charge in [-0.15, -0.1) is 0 Å². The van der Waals surface area contributed by atoms with Crippen molar-refractivity contribution in [2.45, 2.75) is 25.2 Å². The van der Waals surface area contributed by atoms with Crippen molar-refractivity contribution < 1.29 is 0 Å². The Hall–Kier alpha value is -3.90. The first kappa shape index (κ1) is 19.6. The van der Waals surface area contributed by atoms with Gasteiger partial charge < -0.3 is 0 Å². The van der Waals surface area contributed by atoms with Gasteiger partial charge in [0, 0.05) is 11.3 Å². The van der Waals surface area contributed by atoms with Crippen LogP contribution in [0.4, 0.5) is 0 Å². The van der Waals surface area contributed by atoms with Crippen LogP contribution in [0.1, 0.15) is 47.6 Å². The maximum atomic E-state index is 2.41. The lowest BCUT2D eigenvalue weighted by Gasteiger charge is -2.21. The molecule has 34 heavy (non-hydrogen) atoms. The maximum absolute atomic E-state index is 2.41. The van der Waals surface area contributed by atoms with E-state index in [0.717, 1.165) is 0 Å². The number of rotatable bonds is 2. The largest absolute Gasteiger partial charge is 0.0622 e. The number of hydrogen-bond donors (Lipinski definition) is 0. The molecule has 0 saturated heterocycles. The highest BCUT2D eigenvalue weighted by atomic mass is 14.4. The molecule has 7 rings (SSSR count). The Bertz CT molecular complexity index is 1570. The number of fused-ring (bicyclic) bond motifs is 6. The zero-order chi connectivity index (χ0) is 22.9. The van der Waals surface area contributed by atoms with Gasteiger partial charge in [0.2, 0.25) is 0 Å². The van der Waals surface area contributed by atoms with Crippen LogP contribution in [0.3, 0.4) is 0 Å². The van der Waals surface area contributed by atoms with Crippen molar-refractivity contribution in [3.63, 3.8) is 0 Å².